The first-order valence-corrected chi connectivity index (χ1v) is 8.05. The van der Waals surface area contributed by atoms with E-state index in [1.54, 1.807) is 17.2 Å². The van der Waals surface area contributed by atoms with Crippen molar-refractivity contribution in [3.8, 4) is 5.88 Å². The van der Waals surface area contributed by atoms with Crippen molar-refractivity contribution >= 4 is 17.8 Å². The predicted molar refractivity (Wildman–Crippen MR) is 88.9 cm³/mol. The molecule has 1 aliphatic heterocycles. The lowest BCUT2D eigenvalue weighted by atomic mass is 9.95. The fourth-order valence-corrected chi connectivity index (χ4v) is 2.92. The SMILES string of the molecule is Cn1nc(NC(=O)N2CCCC(c3ccnc(N)n3)C2)cc1OC(F)F. The number of halogens is 2. The van der Waals surface area contributed by atoms with Crippen molar-refractivity contribution in [1.29, 1.82) is 0 Å². The van der Waals surface area contributed by atoms with Gasteiger partial charge >= 0.3 is 12.6 Å². The van der Waals surface area contributed by atoms with Gasteiger partial charge in [-0.1, -0.05) is 0 Å². The number of aromatic nitrogens is 4. The normalized spacial score (nSPS) is 17.4. The van der Waals surface area contributed by atoms with E-state index in [1.165, 1.54) is 13.1 Å². The Labute approximate surface area is 148 Å². The number of alkyl halides is 2. The van der Waals surface area contributed by atoms with Crippen LogP contribution >= 0.6 is 0 Å². The molecule has 140 valence electrons. The van der Waals surface area contributed by atoms with Crippen LogP contribution in [0, 0.1) is 0 Å². The zero-order valence-electron chi connectivity index (χ0n) is 14.1. The van der Waals surface area contributed by atoms with Crippen LogP contribution in [0.2, 0.25) is 0 Å². The minimum atomic E-state index is -2.96. The van der Waals surface area contributed by atoms with Crippen LogP contribution in [0.4, 0.5) is 25.3 Å². The van der Waals surface area contributed by atoms with Crippen LogP contribution < -0.4 is 15.8 Å². The van der Waals surface area contributed by atoms with Crippen LogP contribution in [0.3, 0.4) is 0 Å². The Balaban J connectivity index is 1.64. The number of nitrogen functional groups attached to an aromatic ring is 1. The molecule has 2 aromatic heterocycles. The molecule has 1 unspecified atom stereocenters. The Bertz CT molecular complexity index is 783. The Morgan fingerprint density at radius 1 is 1.50 bits per heavy atom. The van der Waals surface area contributed by atoms with E-state index in [-0.39, 0.29) is 29.6 Å². The van der Waals surface area contributed by atoms with Gasteiger partial charge in [-0.15, -0.1) is 0 Å². The fraction of sp³-hybridized carbons (Fsp3) is 0.467. The number of piperidine rings is 1. The summed E-state index contributed by atoms with van der Waals surface area (Å²) in [4.78, 5) is 22.2. The highest BCUT2D eigenvalue weighted by molar-refractivity contribution is 5.88. The maximum absolute atomic E-state index is 12.5. The number of urea groups is 1. The summed E-state index contributed by atoms with van der Waals surface area (Å²) in [7, 11) is 1.45. The average molecular weight is 367 g/mol. The highest BCUT2D eigenvalue weighted by Gasteiger charge is 2.26. The summed E-state index contributed by atoms with van der Waals surface area (Å²) < 4.78 is 30.1. The molecular formula is C15H19F2N7O2. The smallest absolute Gasteiger partial charge is 0.388 e. The molecule has 2 aromatic rings. The Kier molecular flexibility index (Phi) is 5.14. The predicted octanol–water partition coefficient (Wildman–Crippen LogP) is 1.81. The molecule has 11 heteroatoms. The summed E-state index contributed by atoms with van der Waals surface area (Å²) >= 11 is 0. The van der Waals surface area contributed by atoms with Crippen LogP contribution in [-0.2, 0) is 7.05 Å². The maximum Gasteiger partial charge on any atom is 0.388 e. The first-order valence-electron chi connectivity index (χ1n) is 8.05. The molecular weight excluding hydrogens is 348 g/mol. The minimum absolute atomic E-state index is 0.0567. The van der Waals surface area contributed by atoms with Gasteiger partial charge in [0.2, 0.25) is 11.8 Å². The van der Waals surface area contributed by atoms with Crippen LogP contribution in [0.15, 0.2) is 18.3 Å². The molecule has 3 rings (SSSR count). The van der Waals surface area contributed by atoms with Crippen molar-refractivity contribution in [2.75, 3.05) is 24.1 Å². The van der Waals surface area contributed by atoms with Crippen molar-refractivity contribution in [2.24, 2.45) is 7.05 Å². The number of likely N-dealkylation sites (tertiary alicyclic amines) is 1. The first kappa shape index (κ1) is 17.8. The van der Waals surface area contributed by atoms with Crippen molar-refractivity contribution in [3.63, 3.8) is 0 Å². The summed E-state index contributed by atoms with van der Waals surface area (Å²) in [5.74, 6) is 0.259. The number of nitrogens with two attached hydrogens (primary N) is 1. The van der Waals surface area contributed by atoms with Gasteiger partial charge in [0.05, 0.1) is 5.69 Å². The average Bonchev–Trinajstić information content (AvgIpc) is 2.93. The number of anilines is 2. The van der Waals surface area contributed by atoms with Gasteiger partial charge in [0, 0.05) is 38.3 Å². The molecule has 0 aliphatic carbocycles. The molecule has 0 bridgehead atoms. The number of nitrogens with one attached hydrogen (secondary N) is 1. The number of carbonyl (C=O) groups excluding carboxylic acids is 1. The van der Waals surface area contributed by atoms with E-state index in [4.69, 9.17) is 5.73 Å². The van der Waals surface area contributed by atoms with E-state index >= 15 is 0 Å². The highest BCUT2D eigenvalue weighted by Crippen LogP contribution is 2.26. The zero-order chi connectivity index (χ0) is 18.7. The van der Waals surface area contributed by atoms with Crippen molar-refractivity contribution in [1.82, 2.24) is 24.6 Å². The molecule has 0 saturated carbocycles. The Morgan fingerprint density at radius 2 is 2.31 bits per heavy atom. The monoisotopic (exact) mass is 367 g/mol. The molecule has 3 N–H and O–H groups in total. The number of ether oxygens (including phenoxy) is 1. The molecule has 1 aliphatic rings. The molecule has 1 atom stereocenters. The third kappa shape index (κ3) is 4.16. The van der Waals surface area contributed by atoms with E-state index in [1.807, 2.05) is 0 Å². The van der Waals surface area contributed by atoms with Crippen LogP contribution in [-0.4, -0.2) is 50.4 Å². The number of amides is 2. The van der Waals surface area contributed by atoms with Gasteiger partial charge in [-0.05, 0) is 18.9 Å². The topological polar surface area (TPSA) is 111 Å². The third-order valence-corrected chi connectivity index (χ3v) is 4.10. The maximum atomic E-state index is 12.5. The number of aryl methyl sites for hydroxylation is 1. The number of rotatable bonds is 4. The van der Waals surface area contributed by atoms with Gasteiger partial charge in [-0.2, -0.15) is 13.9 Å². The lowest BCUT2D eigenvalue weighted by Crippen LogP contribution is -2.41. The van der Waals surface area contributed by atoms with Gasteiger partial charge in [0.1, 0.15) is 0 Å². The molecule has 0 spiro atoms. The molecule has 9 nitrogen and oxygen atoms in total. The molecule has 26 heavy (non-hydrogen) atoms. The van der Waals surface area contributed by atoms with E-state index < -0.39 is 6.61 Å². The third-order valence-electron chi connectivity index (χ3n) is 4.10. The number of hydrogen-bond acceptors (Lipinski definition) is 6. The Morgan fingerprint density at radius 3 is 3.04 bits per heavy atom. The van der Waals surface area contributed by atoms with Crippen molar-refractivity contribution in [2.45, 2.75) is 25.4 Å². The first-order chi connectivity index (χ1) is 12.4. The second kappa shape index (κ2) is 7.50. The van der Waals surface area contributed by atoms with Crippen LogP contribution in [0.1, 0.15) is 24.5 Å². The van der Waals surface area contributed by atoms with Crippen molar-refractivity contribution in [3.05, 3.63) is 24.0 Å². The minimum Gasteiger partial charge on any atom is -0.417 e. The van der Waals surface area contributed by atoms with E-state index in [0.717, 1.165) is 23.2 Å². The molecule has 0 aromatic carbocycles. The molecule has 0 radical (unpaired) electrons. The van der Waals surface area contributed by atoms with Crippen LogP contribution in [0.25, 0.3) is 0 Å². The van der Waals surface area contributed by atoms with Gasteiger partial charge in [-0.3, -0.25) is 5.32 Å². The highest BCUT2D eigenvalue weighted by atomic mass is 19.3. The van der Waals surface area contributed by atoms with Gasteiger partial charge < -0.3 is 15.4 Å². The second-order valence-electron chi connectivity index (χ2n) is 5.92. The number of carbonyl (C=O) groups is 1. The summed E-state index contributed by atoms with van der Waals surface area (Å²) in [5, 5.41) is 6.55. The standard InChI is InChI=1S/C15H19F2N7O2/c1-23-12(26-13(16)17)7-11(22-23)21-15(25)24-6-2-3-9(8-24)10-4-5-19-14(18)20-10/h4-5,7,9,13H,2-3,6,8H2,1H3,(H2,18,19,20)(H,21,22,25). The molecule has 1 saturated heterocycles. The lowest BCUT2D eigenvalue weighted by Gasteiger charge is -2.32. The van der Waals surface area contributed by atoms with Gasteiger partial charge in [0.25, 0.3) is 0 Å². The van der Waals surface area contributed by atoms with E-state index in [2.05, 4.69) is 25.1 Å². The molecule has 3 heterocycles. The largest absolute Gasteiger partial charge is 0.417 e. The fourth-order valence-electron chi connectivity index (χ4n) is 2.92. The van der Waals surface area contributed by atoms with Gasteiger partial charge in [0.15, 0.2) is 5.82 Å². The molecule has 2 amide bonds. The van der Waals surface area contributed by atoms with Crippen LogP contribution in [0.5, 0.6) is 5.88 Å². The second-order valence-corrected chi connectivity index (χ2v) is 5.92. The number of nitrogens with zero attached hydrogens (tertiary/aromatic N) is 5. The Hall–Kier alpha value is -2.98. The van der Waals surface area contributed by atoms with Crippen molar-refractivity contribution < 1.29 is 18.3 Å². The number of hydrogen-bond donors (Lipinski definition) is 2. The summed E-state index contributed by atoms with van der Waals surface area (Å²) in [6.07, 6.45) is 3.29. The van der Waals surface area contributed by atoms with E-state index in [9.17, 15) is 13.6 Å². The molecule has 1 fully saturated rings. The summed E-state index contributed by atoms with van der Waals surface area (Å²) in [5.41, 5.74) is 6.41. The summed E-state index contributed by atoms with van der Waals surface area (Å²) in [6, 6.07) is 2.67. The quantitative estimate of drug-likeness (QED) is 0.852. The van der Waals surface area contributed by atoms with Gasteiger partial charge in [-0.25, -0.2) is 19.4 Å². The summed E-state index contributed by atoms with van der Waals surface area (Å²) in [6.45, 7) is -1.91. The zero-order valence-corrected chi connectivity index (χ0v) is 14.1. The lowest BCUT2D eigenvalue weighted by molar-refractivity contribution is -0.0553. The van der Waals surface area contributed by atoms with E-state index in [0.29, 0.717) is 13.1 Å².